The van der Waals surface area contributed by atoms with E-state index in [1.165, 1.54) is 16.5 Å². The van der Waals surface area contributed by atoms with Crippen LogP contribution in [0.15, 0.2) is 72.9 Å². The van der Waals surface area contributed by atoms with Crippen molar-refractivity contribution in [2.45, 2.75) is 20.8 Å². The first-order valence-corrected chi connectivity index (χ1v) is 11.8. The number of amides is 2. The highest BCUT2D eigenvalue weighted by molar-refractivity contribution is 7.23. The second-order valence-corrected chi connectivity index (χ2v) is 9.43. The third-order valence-corrected chi connectivity index (χ3v) is 6.70. The summed E-state index contributed by atoms with van der Waals surface area (Å²) in [6.45, 7) is 5.37. The normalized spacial score (nSPS) is 11.1. The minimum absolute atomic E-state index is 0.0512. The molecule has 7 heteroatoms. The van der Waals surface area contributed by atoms with Crippen LogP contribution in [0.3, 0.4) is 0 Å². The lowest BCUT2D eigenvalue weighted by Crippen LogP contribution is -2.36. The third kappa shape index (κ3) is 4.30. The molecule has 2 aromatic heterocycles. The van der Waals surface area contributed by atoms with Crippen LogP contribution in [0.4, 0.5) is 11.4 Å². The number of rotatable bonds is 5. The number of para-hydroxylation sites is 1. The maximum Gasteiger partial charge on any atom is 0.244 e. The Hall–Kier alpha value is -3.97. The number of imidazole rings is 1. The number of hydrogen-bond donors (Lipinski definition) is 1. The Kier molecular flexibility index (Phi) is 5.63. The number of aromatic nitrogens is 2. The second kappa shape index (κ2) is 8.76. The summed E-state index contributed by atoms with van der Waals surface area (Å²) in [5.41, 5.74) is 6.48. The van der Waals surface area contributed by atoms with E-state index in [0.29, 0.717) is 5.69 Å². The number of anilines is 2. The fraction of sp³-hybridized carbons (Fsp3) is 0.148. The van der Waals surface area contributed by atoms with Gasteiger partial charge in [-0.1, -0.05) is 41.7 Å². The van der Waals surface area contributed by atoms with Crippen molar-refractivity contribution in [3.8, 4) is 11.3 Å². The molecule has 1 N–H and O–H groups in total. The molecular weight excluding hydrogens is 444 g/mol. The summed E-state index contributed by atoms with van der Waals surface area (Å²) >= 11 is 1.66. The number of benzene rings is 3. The van der Waals surface area contributed by atoms with Crippen molar-refractivity contribution < 1.29 is 9.59 Å². The van der Waals surface area contributed by atoms with Crippen LogP contribution in [0.1, 0.15) is 18.1 Å². The Balaban J connectivity index is 1.31. The molecule has 2 heterocycles. The summed E-state index contributed by atoms with van der Waals surface area (Å²) < 4.78 is 3.31. The highest BCUT2D eigenvalue weighted by Gasteiger charge is 2.17. The molecule has 0 unspecified atom stereocenters. The van der Waals surface area contributed by atoms with E-state index in [2.05, 4.69) is 21.9 Å². The summed E-state index contributed by atoms with van der Waals surface area (Å²) in [5.74, 6) is -0.432. The molecule has 0 atom stereocenters. The van der Waals surface area contributed by atoms with Crippen molar-refractivity contribution in [1.29, 1.82) is 0 Å². The Labute approximate surface area is 201 Å². The summed E-state index contributed by atoms with van der Waals surface area (Å²) in [6.07, 6.45) is 2.04. The number of thiazole rings is 1. The molecular formula is C27H24N4O2S. The second-order valence-electron chi connectivity index (χ2n) is 8.43. The third-order valence-electron chi connectivity index (χ3n) is 5.66. The molecule has 0 spiro atoms. The zero-order chi connectivity index (χ0) is 23.8. The van der Waals surface area contributed by atoms with Gasteiger partial charge in [-0.05, 0) is 61.4 Å². The van der Waals surface area contributed by atoms with Crippen LogP contribution in [-0.4, -0.2) is 27.7 Å². The van der Waals surface area contributed by atoms with Gasteiger partial charge < -0.3 is 10.2 Å². The monoisotopic (exact) mass is 468 g/mol. The summed E-state index contributed by atoms with van der Waals surface area (Å²) in [4.78, 5) is 32.1. The molecule has 2 amide bonds. The van der Waals surface area contributed by atoms with Gasteiger partial charge in [0.25, 0.3) is 0 Å². The molecule has 6 nitrogen and oxygen atoms in total. The summed E-state index contributed by atoms with van der Waals surface area (Å²) in [5, 5.41) is 2.89. The van der Waals surface area contributed by atoms with Gasteiger partial charge in [-0.2, -0.15) is 0 Å². The van der Waals surface area contributed by atoms with E-state index in [9.17, 15) is 9.59 Å². The lowest BCUT2D eigenvalue weighted by atomic mass is 10.1. The minimum atomic E-state index is -0.254. The van der Waals surface area contributed by atoms with E-state index in [1.54, 1.807) is 11.3 Å². The van der Waals surface area contributed by atoms with Crippen LogP contribution in [0.25, 0.3) is 26.4 Å². The number of carbonyl (C=O) groups excluding carboxylic acids is 2. The number of carbonyl (C=O) groups is 2. The molecule has 5 aromatic rings. The molecule has 0 aliphatic carbocycles. The zero-order valence-corrected chi connectivity index (χ0v) is 20.0. The number of fused-ring (bicyclic) bond motifs is 3. The van der Waals surface area contributed by atoms with Crippen molar-refractivity contribution in [3.63, 3.8) is 0 Å². The van der Waals surface area contributed by atoms with Crippen molar-refractivity contribution in [1.82, 2.24) is 9.38 Å². The first kappa shape index (κ1) is 21.9. The van der Waals surface area contributed by atoms with Gasteiger partial charge in [0.2, 0.25) is 11.8 Å². The highest BCUT2D eigenvalue weighted by atomic mass is 32.1. The average molecular weight is 469 g/mol. The average Bonchev–Trinajstić information content (AvgIpc) is 3.35. The summed E-state index contributed by atoms with van der Waals surface area (Å²) in [7, 11) is 0. The molecule has 0 fully saturated rings. The van der Waals surface area contributed by atoms with E-state index < -0.39 is 0 Å². The zero-order valence-electron chi connectivity index (χ0n) is 19.2. The van der Waals surface area contributed by atoms with Gasteiger partial charge in [0, 0.05) is 30.1 Å². The Morgan fingerprint density at radius 1 is 1.00 bits per heavy atom. The van der Waals surface area contributed by atoms with Gasteiger partial charge in [0.05, 0.1) is 15.9 Å². The smallest absolute Gasteiger partial charge is 0.244 e. The molecule has 0 aliphatic heterocycles. The van der Waals surface area contributed by atoms with Crippen molar-refractivity contribution in [2.75, 3.05) is 16.8 Å². The number of aryl methyl sites for hydroxylation is 2. The lowest BCUT2D eigenvalue weighted by Gasteiger charge is -2.21. The van der Waals surface area contributed by atoms with Gasteiger partial charge >= 0.3 is 0 Å². The number of nitrogens with one attached hydrogen (secondary N) is 1. The Morgan fingerprint density at radius 2 is 1.71 bits per heavy atom. The maximum absolute atomic E-state index is 12.7. The van der Waals surface area contributed by atoms with Gasteiger partial charge in [-0.3, -0.25) is 14.0 Å². The lowest BCUT2D eigenvalue weighted by molar-refractivity contribution is -0.120. The first-order valence-electron chi connectivity index (χ1n) is 11.0. The molecule has 170 valence electrons. The van der Waals surface area contributed by atoms with E-state index in [0.717, 1.165) is 38.5 Å². The molecule has 0 saturated heterocycles. The van der Waals surface area contributed by atoms with Gasteiger partial charge in [-0.15, -0.1) is 0 Å². The van der Waals surface area contributed by atoms with Gasteiger partial charge in [0.1, 0.15) is 6.54 Å². The SMILES string of the molecule is CC(=O)N(CC(=O)Nc1ccc(-c2cn3c(n2)sc2ccccc23)cc1)c1cc(C)cc(C)c1. The van der Waals surface area contributed by atoms with Crippen molar-refractivity contribution in [3.05, 3.63) is 84.1 Å². The molecule has 0 radical (unpaired) electrons. The van der Waals surface area contributed by atoms with Crippen LogP contribution in [0, 0.1) is 13.8 Å². The van der Waals surface area contributed by atoms with Crippen LogP contribution < -0.4 is 10.2 Å². The summed E-state index contributed by atoms with van der Waals surface area (Å²) in [6, 6.07) is 21.7. The van der Waals surface area contributed by atoms with E-state index in [4.69, 9.17) is 4.98 Å². The van der Waals surface area contributed by atoms with Crippen molar-refractivity contribution in [2.24, 2.45) is 0 Å². The molecule has 3 aromatic carbocycles. The topological polar surface area (TPSA) is 66.7 Å². The molecule has 5 rings (SSSR count). The quantitative estimate of drug-likeness (QED) is 0.353. The standard InChI is InChI=1S/C27H24N4O2S/c1-17-12-18(2)14-22(13-17)30(19(3)32)16-26(33)28-21-10-8-20(9-11-21)23-15-31-24-6-4-5-7-25(24)34-27(31)29-23/h4-15H,16H2,1-3H3,(H,28,33). The van der Waals surface area contributed by atoms with Gasteiger partial charge in [0.15, 0.2) is 4.96 Å². The Morgan fingerprint density at radius 3 is 2.41 bits per heavy atom. The van der Waals surface area contributed by atoms with E-state index in [-0.39, 0.29) is 18.4 Å². The molecule has 34 heavy (non-hydrogen) atoms. The van der Waals surface area contributed by atoms with Crippen LogP contribution in [0.2, 0.25) is 0 Å². The fourth-order valence-corrected chi connectivity index (χ4v) is 5.15. The van der Waals surface area contributed by atoms with Gasteiger partial charge in [-0.25, -0.2) is 4.98 Å². The first-order chi connectivity index (χ1) is 16.4. The number of hydrogen-bond acceptors (Lipinski definition) is 4. The number of nitrogens with zero attached hydrogens (tertiary/aromatic N) is 3. The predicted molar refractivity (Wildman–Crippen MR) is 139 cm³/mol. The van der Waals surface area contributed by atoms with E-state index >= 15 is 0 Å². The van der Waals surface area contributed by atoms with Crippen LogP contribution in [0.5, 0.6) is 0 Å². The minimum Gasteiger partial charge on any atom is -0.325 e. The van der Waals surface area contributed by atoms with Crippen LogP contribution >= 0.6 is 11.3 Å². The predicted octanol–water partition coefficient (Wildman–Crippen LogP) is 5.82. The maximum atomic E-state index is 12.7. The Bertz CT molecular complexity index is 1510. The highest BCUT2D eigenvalue weighted by Crippen LogP contribution is 2.29. The largest absolute Gasteiger partial charge is 0.325 e. The van der Waals surface area contributed by atoms with E-state index in [1.807, 2.05) is 74.6 Å². The van der Waals surface area contributed by atoms with Crippen LogP contribution in [-0.2, 0) is 9.59 Å². The molecule has 0 saturated carbocycles. The molecule has 0 aliphatic rings. The fourth-order valence-electron chi connectivity index (χ4n) is 4.15. The molecule has 0 bridgehead atoms. The van der Waals surface area contributed by atoms with Crippen molar-refractivity contribution >= 4 is 49.7 Å².